The first-order valence-corrected chi connectivity index (χ1v) is 13.4. The standard InChI is InChI=1S/C31H34N6O3/c1-17(2)30(39)36-22-11-8-20(9-12-22)27-25(26-28(32)34-16-35-29(26)37(27)4)21-10-13-23(24(14-21)18(3)38)31(40)33-15-19-6-5-7-19/h8-14,16,18-19,38H,1,5-7,15H2,2-4H3,(H,33,40)(H,36,39)(H2,32,34,35). The summed E-state index contributed by atoms with van der Waals surface area (Å²) in [5, 5.41) is 17.2. The van der Waals surface area contributed by atoms with Gasteiger partial charge in [0.25, 0.3) is 11.8 Å². The van der Waals surface area contributed by atoms with Crippen LogP contribution in [-0.2, 0) is 11.8 Å². The highest BCUT2D eigenvalue weighted by Gasteiger charge is 2.25. The van der Waals surface area contributed by atoms with Crippen molar-refractivity contribution in [3.8, 4) is 22.4 Å². The van der Waals surface area contributed by atoms with E-state index in [0.29, 0.717) is 51.7 Å². The first-order chi connectivity index (χ1) is 19.2. The second-order valence-corrected chi connectivity index (χ2v) is 10.5. The van der Waals surface area contributed by atoms with Crippen molar-refractivity contribution in [2.75, 3.05) is 17.6 Å². The molecule has 4 aromatic rings. The lowest BCUT2D eigenvalue weighted by atomic mass is 9.85. The van der Waals surface area contributed by atoms with Crippen molar-refractivity contribution in [1.29, 1.82) is 0 Å². The highest BCUT2D eigenvalue weighted by atomic mass is 16.3. The first-order valence-electron chi connectivity index (χ1n) is 13.4. The molecule has 9 heteroatoms. The number of nitrogens with two attached hydrogens (primary N) is 1. The maximum atomic E-state index is 13.1. The zero-order chi connectivity index (χ0) is 28.6. The topological polar surface area (TPSA) is 135 Å². The lowest BCUT2D eigenvalue weighted by Gasteiger charge is -2.25. The van der Waals surface area contributed by atoms with Gasteiger partial charge in [-0.1, -0.05) is 31.2 Å². The quantitative estimate of drug-likeness (QED) is 0.234. The van der Waals surface area contributed by atoms with Crippen LogP contribution in [0, 0.1) is 5.92 Å². The van der Waals surface area contributed by atoms with Crippen LogP contribution in [0.25, 0.3) is 33.4 Å². The van der Waals surface area contributed by atoms with Crippen LogP contribution in [0.3, 0.4) is 0 Å². The molecule has 0 saturated heterocycles. The minimum atomic E-state index is -0.868. The van der Waals surface area contributed by atoms with Crippen LogP contribution in [-0.4, -0.2) is 38.0 Å². The molecule has 0 aliphatic heterocycles. The Balaban J connectivity index is 1.61. The molecule has 0 radical (unpaired) electrons. The molecule has 1 fully saturated rings. The predicted octanol–water partition coefficient (Wildman–Crippen LogP) is 4.98. The monoisotopic (exact) mass is 538 g/mol. The zero-order valence-corrected chi connectivity index (χ0v) is 23.0. The number of aliphatic hydroxyl groups excluding tert-OH is 1. The third-order valence-electron chi connectivity index (χ3n) is 7.61. The Bertz CT molecular complexity index is 1620. The van der Waals surface area contributed by atoms with Crippen LogP contribution in [0.2, 0.25) is 0 Å². The molecule has 2 aromatic carbocycles. The number of rotatable bonds is 8. The Morgan fingerprint density at radius 1 is 1.15 bits per heavy atom. The number of nitrogens with one attached hydrogen (secondary N) is 2. The number of benzene rings is 2. The van der Waals surface area contributed by atoms with E-state index in [2.05, 4.69) is 27.2 Å². The number of amides is 2. The molecule has 2 aromatic heterocycles. The molecule has 1 aliphatic carbocycles. The van der Waals surface area contributed by atoms with Gasteiger partial charge >= 0.3 is 0 Å². The fourth-order valence-electron chi connectivity index (χ4n) is 5.14. The van der Waals surface area contributed by atoms with Crippen LogP contribution < -0.4 is 16.4 Å². The van der Waals surface area contributed by atoms with E-state index in [9.17, 15) is 14.7 Å². The van der Waals surface area contributed by atoms with Crippen molar-refractivity contribution in [1.82, 2.24) is 19.9 Å². The fraction of sp³-hybridized carbons (Fsp3) is 0.290. The summed E-state index contributed by atoms with van der Waals surface area (Å²) in [6, 6.07) is 12.9. The average molecular weight is 539 g/mol. The number of hydrogen-bond acceptors (Lipinski definition) is 6. The van der Waals surface area contributed by atoms with Crippen molar-refractivity contribution in [3.05, 3.63) is 72.1 Å². The van der Waals surface area contributed by atoms with Gasteiger partial charge in [0.1, 0.15) is 17.8 Å². The van der Waals surface area contributed by atoms with Crippen molar-refractivity contribution in [2.24, 2.45) is 13.0 Å². The summed E-state index contributed by atoms with van der Waals surface area (Å²) in [5.41, 5.74) is 12.3. The third-order valence-corrected chi connectivity index (χ3v) is 7.61. The predicted molar refractivity (Wildman–Crippen MR) is 158 cm³/mol. The minimum absolute atomic E-state index is 0.192. The fourth-order valence-corrected chi connectivity index (χ4v) is 5.14. The van der Waals surface area contributed by atoms with Crippen molar-refractivity contribution in [3.63, 3.8) is 0 Å². The molecule has 2 heterocycles. The third kappa shape index (κ3) is 5.08. The van der Waals surface area contributed by atoms with Crippen molar-refractivity contribution < 1.29 is 14.7 Å². The summed E-state index contributed by atoms with van der Waals surface area (Å²) in [5.74, 6) is 0.416. The molecule has 5 N–H and O–H groups in total. The summed E-state index contributed by atoms with van der Waals surface area (Å²) < 4.78 is 1.95. The van der Waals surface area contributed by atoms with Crippen LogP contribution in [0.15, 0.2) is 60.9 Å². The van der Waals surface area contributed by atoms with Crippen LogP contribution in [0.1, 0.15) is 55.1 Å². The molecule has 1 aliphatic rings. The summed E-state index contributed by atoms with van der Waals surface area (Å²) in [6.07, 6.45) is 4.04. The van der Waals surface area contributed by atoms with Gasteiger partial charge in [-0.3, -0.25) is 9.59 Å². The largest absolute Gasteiger partial charge is 0.389 e. The van der Waals surface area contributed by atoms with Gasteiger partial charge in [0.2, 0.25) is 0 Å². The van der Waals surface area contributed by atoms with Gasteiger partial charge in [0, 0.05) is 36.0 Å². The zero-order valence-electron chi connectivity index (χ0n) is 23.0. The van der Waals surface area contributed by atoms with E-state index in [1.54, 1.807) is 19.9 Å². The van der Waals surface area contributed by atoms with E-state index in [1.165, 1.54) is 12.7 Å². The van der Waals surface area contributed by atoms with E-state index in [-0.39, 0.29) is 11.8 Å². The second-order valence-electron chi connectivity index (χ2n) is 10.5. The number of aromatic nitrogens is 3. The number of anilines is 2. The van der Waals surface area contributed by atoms with Crippen LogP contribution in [0.5, 0.6) is 0 Å². The van der Waals surface area contributed by atoms with E-state index in [4.69, 9.17) is 5.73 Å². The number of nitrogen functional groups attached to an aromatic ring is 1. The smallest absolute Gasteiger partial charge is 0.251 e. The van der Waals surface area contributed by atoms with Crippen molar-refractivity contribution >= 4 is 34.4 Å². The van der Waals surface area contributed by atoms with Crippen LogP contribution in [0.4, 0.5) is 11.5 Å². The SMILES string of the molecule is C=C(C)C(=O)Nc1ccc(-c2c(-c3ccc(C(=O)NCC4CCC4)c(C(C)O)c3)c3c(N)ncnc3n2C)cc1. The van der Waals surface area contributed by atoms with E-state index in [0.717, 1.165) is 35.2 Å². The average Bonchev–Trinajstić information content (AvgIpc) is 3.21. The highest BCUT2D eigenvalue weighted by Crippen LogP contribution is 2.42. The minimum Gasteiger partial charge on any atom is -0.389 e. The number of carbonyl (C=O) groups is 2. The molecule has 2 amide bonds. The molecule has 1 saturated carbocycles. The summed E-state index contributed by atoms with van der Waals surface area (Å²) in [4.78, 5) is 33.9. The number of nitrogens with zero attached hydrogens (tertiary/aromatic N) is 3. The molecule has 206 valence electrons. The van der Waals surface area contributed by atoms with Gasteiger partial charge in [-0.05, 0) is 73.6 Å². The Morgan fingerprint density at radius 3 is 2.48 bits per heavy atom. The van der Waals surface area contributed by atoms with E-state index < -0.39 is 6.10 Å². The normalized spacial score (nSPS) is 14.0. The molecule has 5 rings (SSSR count). The molecule has 0 bridgehead atoms. The summed E-state index contributed by atoms with van der Waals surface area (Å²) >= 11 is 0. The molecular formula is C31H34N6O3. The maximum Gasteiger partial charge on any atom is 0.251 e. The van der Waals surface area contributed by atoms with E-state index in [1.807, 2.05) is 48.0 Å². The molecule has 1 atom stereocenters. The Kier molecular flexibility index (Phi) is 7.40. The molecular weight excluding hydrogens is 504 g/mol. The first kappa shape index (κ1) is 27.1. The van der Waals surface area contributed by atoms with E-state index >= 15 is 0 Å². The summed E-state index contributed by atoms with van der Waals surface area (Å²) in [6.45, 7) is 7.63. The molecule has 0 spiro atoms. The highest BCUT2D eigenvalue weighted by molar-refractivity contribution is 6.08. The number of fused-ring (bicyclic) bond motifs is 1. The lowest BCUT2D eigenvalue weighted by Crippen LogP contribution is -2.32. The number of hydrogen-bond donors (Lipinski definition) is 4. The number of carbonyl (C=O) groups excluding carboxylic acids is 2. The Labute approximate surface area is 233 Å². The number of aliphatic hydroxyl groups is 1. The number of aryl methyl sites for hydroxylation is 1. The molecule has 40 heavy (non-hydrogen) atoms. The van der Waals surface area contributed by atoms with Gasteiger partial charge < -0.3 is 26.0 Å². The summed E-state index contributed by atoms with van der Waals surface area (Å²) in [7, 11) is 1.90. The Hall–Kier alpha value is -4.50. The Morgan fingerprint density at radius 2 is 1.85 bits per heavy atom. The lowest BCUT2D eigenvalue weighted by molar-refractivity contribution is -0.112. The van der Waals surface area contributed by atoms with Gasteiger partial charge in [-0.15, -0.1) is 0 Å². The maximum absolute atomic E-state index is 13.1. The van der Waals surface area contributed by atoms with Gasteiger partial charge in [-0.25, -0.2) is 9.97 Å². The van der Waals surface area contributed by atoms with Gasteiger partial charge in [0.05, 0.1) is 17.2 Å². The molecule has 9 nitrogen and oxygen atoms in total. The van der Waals surface area contributed by atoms with Crippen LogP contribution >= 0.6 is 0 Å². The second kappa shape index (κ2) is 10.9. The molecule has 1 unspecified atom stereocenters. The van der Waals surface area contributed by atoms with Gasteiger partial charge in [0.15, 0.2) is 0 Å². The van der Waals surface area contributed by atoms with Gasteiger partial charge in [-0.2, -0.15) is 0 Å². The van der Waals surface area contributed by atoms with Crippen molar-refractivity contribution in [2.45, 2.75) is 39.2 Å².